The Hall–Kier alpha value is -1.59. The van der Waals surface area contributed by atoms with Gasteiger partial charge in [-0.1, -0.05) is 25.4 Å². The minimum absolute atomic E-state index is 0.00923. The summed E-state index contributed by atoms with van der Waals surface area (Å²) in [6.45, 7) is 5.07. The van der Waals surface area contributed by atoms with E-state index in [1.165, 1.54) is 0 Å². The topological polar surface area (TPSA) is 75.4 Å². The first-order chi connectivity index (χ1) is 11.2. The van der Waals surface area contributed by atoms with Gasteiger partial charge in [0.25, 0.3) is 5.91 Å². The maximum atomic E-state index is 12.6. The number of amides is 2. The number of piperidine rings is 1. The van der Waals surface area contributed by atoms with Gasteiger partial charge in [-0.3, -0.25) is 15.0 Å². The molecule has 0 unspecified atom stereocenters. The lowest BCUT2D eigenvalue weighted by atomic mass is 9.65. The first-order valence-electron chi connectivity index (χ1n) is 8.39. The molecule has 0 radical (unpaired) electrons. The van der Waals surface area contributed by atoms with E-state index in [2.05, 4.69) is 19.3 Å². The van der Waals surface area contributed by atoms with Crippen molar-refractivity contribution in [2.45, 2.75) is 38.6 Å². The molecule has 1 aliphatic heterocycles. The Labute approximate surface area is 146 Å². The highest BCUT2D eigenvalue weighted by atomic mass is 35.5. The fourth-order valence-corrected chi connectivity index (χ4v) is 5.84. The van der Waals surface area contributed by atoms with E-state index in [0.29, 0.717) is 23.0 Å². The van der Waals surface area contributed by atoms with Crippen molar-refractivity contribution in [3.8, 4) is 0 Å². The van der Waals surface area contributed by atoms with Crippen LogP contribution in [0.1, 0.15) is 43.5 Å². The van der Waals surface area contributed by atoms with Gasteiger partial charge in [0.1, 0.15) is 5.54 Å². The summed E-state index contributed by atoms with van der Waals surface area (Å²) in [6, 6.07) is 6.72. The molecule has 24 heavy (non-hydrogen) atoms. The molecule has 1 saturated heterocycles. The molecule has 2 saturated carbocycles. The van der Waals surface area contributed by atoms with Crippen LogP contribution in [0.4, 0.5) is 0 Å². The Morgan fingerprint density at radius 2 is 1.96 bits per heavy atom. The summed E-state index contributed by atoms with van der Waals surface area (Å²) in [5.74, 6) is -0.0612. The van der Waals surface area contributed by atoms with Gasteiger partial charge in [-0.25, -0.2) is 5.01 Å². The third kappa shape index (κ3) is 1.64. The molecule has 1 aromatic carbocycles. The molecule has 4 rings (SSSR count). The molecule has 3 fully saturated rings. The van der Waals surface area contributed by atoms with Crippen molar-refractivity contribution in [3.05, 3.63) is 34.9 Å². The zero-order valence-corrected chi connectivity index (χ0v) is 14.7. The second-order valence-corrected chi connectivity index (χ2v) is 8.38. The van der Waals surface area contributed by atoms with Crippen molar-refractivity contribution in [3.63, 3.8) is 0 Å². The molecule has 2 amide bonds. The summed E-state index contributed by atoms with van der Waals surface area (Å²) in [4.78, 5) is 25.1. The molecule has 4 atom stereocenters. The molecular formula is C18H22ClN3O2. The summed E-state index contributed by atoms with van der Waals surface area (Å²) in [5, 5.41) is 2.40. The summed E-state index contributed by atoms with van der Waals surface area (Å²) in [5.41, 5.74) is 8.38. The van der Waals surface area contributed by atoms with Crippen LogP contribution >= 0.6 is 11.6 Å². The molecule has 0 spiro atoms. The zero-order valence-electron chi connectivity index (χ0n) is 13.9. The maximum Gasteiger partial charge on any atom is 0.265 e. The normalized spacial score (nSPS) is 40.0. The summed E-state index contributed by atoms with van der Waals surface area (Å²) in [6.07, 6.45) is 2.85. The van der Waals surface area contributed by atoms with Crippen LogP contribution in [0.5, 0.6) is 0 Å². The molecule has 3 aliphatic rings. The number of nitrogens with one attached hydrogen (secondary N) is 1. The number of benzene rings is 1. The van der Waals surface area contributed by atoms with Crippen molar-refractivity contribution >= 4 is 23.4 Å². The number of primary amides is 1. The van der Waals surface area contributed by atoms with E-state index in [0.717, 1.165) is 19.3 Å². The first-order valence-corrected chi connectivity index (χ1v) is 8.76. The highest BCUT2D eigenvalue weighted by Gasteiger charge is 2.80. The van der Waals surface area contributed by atoms with Gasteiger partial charge in [-0.05, 0) is 54.9 Å². The predicted molar refractivity (Wildman–Crippen MR) is 91.1 cm³/mol. The molecule has 5 nitrogen and oxygen atoms in total. The van der Waals surface area contributed by atoms with E-state index in [4.69, 9.17) is 17.3 Å². The number of halogens is 1. The van der Waals surface area contributed by atoms with Gasteiger partial charge in [0.2, 0.25) is 5.91 Å². The number of carbonyl (C=O) groups is 2. The lowest BCUT2D eigenvalue weighted by Gasteiger charge is -2.45. The second kappa shape index (κ2) is 4.73. The first kappa shape index (κ1) is 15.9. The lowest BCUT2D eigenvalue weighted by Crippen LogP contribution is -2.66. The number of hydrogen-bond acceptors (Lipinski definition) is 3. The number of hydrogen-bond donors (Lipinski definition) is 2. The second-order valence-electron chi connectivity index (χ2n) is 7.95. The minimum Gasteiger partial charge on any atom is -0.368 e. The standard InChI is InChI=1S/C18H22ClN3O2/c1-16-10-22(21-14(23)11-3-5-13(19)6-4-11)18(15(20)24)9-12(16)7-8-17(16,18)2/h3-6,12H,7-10H2,1-2H3,(H2,20,24)(H,21,23)/t12-,16+,17-,18+/m1/s1. The SMILES string of the molecule is C[C@]12CC[C@@H]3C[C@@]1(C(N)=O)N(NC(=O)c1ccc(Cl)cc1)C[C@@]32C. The fraction of sp³-hybridized carbons (Fsp3) is 0.556. The van der Waals surface area contributed by atoms with E-state index >= 15 is 0 Å². The van der Waals surface area contributed by atoms with Crippen LogP contribution in [-0.4, -0.2) is 28.9 Å². The maximum absolute atomic E-state index is 12.6. The predicted octanol–water partition coefficient (Wildman–Crippen LogP) is 2.35. The summed E-state index contributed by atoms with van der Waals surface area (Å²) >= 11 is 5.88. The molecule has 1 aromatic rings. The van der Waals surface area contributed by atoms with E-state index in [9.17, 15) is 9.59 Å². The van der Waals surface area contributed by atoms with E-state index in [1.54, 1.807) is 24.3 Å². The zero-order chi connectivity index (χ0) is 17.3. The van der Waals surface area contributed by atoms with Gasteiger partial charge in [0, 0.05) is 22.5 Å². The quantitative estimate of drug-likeness (QED) is 0.881. The Kier molecular flexibility index (Phi) is 3.14. The van der Waals surface area contributed by atoms with Crippen molar-refractivity contribution in [2.24, 2.45) is 22.5 Å². The van der Waals surface area contributed by atoms with Crippen molar-refractivity contribution in [1.29, 1.82) is 0 Å². The number of nitrogens with zero attached hydrogens (tertiary/aromatic N) is 1. The molecule has 2 aliphatic carbocycles. The van der Waals surface area contributed by atoms with Gasteiger partial charge in [-0.15, -0.1) is 0 Å². The molecule has 4 bridgehead atoms. The molecule has 1 heterocycles. The van der Waals surface area contributed by atoms with E-state index in [-0.39, 0.29) is 22.6 Å². The Morgan fingerprint density at radius 1 is 1.29 bits per heavy atom. The third-order valence-corrected chi connectivity index (χ3v) is 7.56. The van der Waals surface area contributed by atoms with Gasteiger partial charge < -0.3 is 5.73 Å². The van der Waals surface area contributed by atoms with Crippen LogP contribution in [0.15, 0.2) is 24.3 Å². The summed E-state index contributed by atoms with van der Waals surface area (Å²) < 4.78 is 0. The van der Waals surface area contributed by atoms with E-state index in [1.807, 2.05) is 5.01 Å². The largest absolute Gasteiger partial charge is 0.368 e. The van der Waals surface area contributed by atoms with Crippen molar-refractivity contribution in [1.82, 2.24) is 10.4 Å². The molecule has 3 N–H and O–H groups in total. The smallest absolute Gasteiger partial charge is 0.265 e. The van der Waals surface area contributed by atoms with Crippen LogP contribution in [-0.2, 0) is 4.79 Å². The van der Waals surface area contributed by atoms with Gasteiger partial charge in [0.15, 0.2) is 0 Å². The van der Waals surface area contributed by atoms with Crippen LogP contribution < -0.4 is 11.2 Å². The number of hydrazine groups is 1. The van der Waals surface area contributed by atoms with Gasteiger partial charge in [-0.2, -0.15) is 0 Å². The monoisotopic (exact) mass is 347 g/mol. The van der Waals surface area contributed by atoms with E-state index < -0.39 is 5.54 Å². The van der Waals surface area contributed by atoms with Crippen LogP contribution in [0.2, 0.25) is 5.02 Å². The fourth-order valence-electron chi connectivity index (χ4n) is 5.71. The number of carbonyl (C=O) groups excluding carboxylic acids is 2. The van der Waals surface area contributed by atoms with Gasteiger partial charge in [0.05, 0.1) is 0 Å². The Morgan fingerprint density at radius 3 is 2.54 bits per heavy atom. The highest BCUT2D eigenvalue weighted by Crippen LogP contribution is 2.75. The number of rotatable bonds is 3. The number of nitrogens with two attached hydrogens (primary N) is 1. The van der Waals surface area contributed by atoms with Crippen LogP contribution in [0.25, 0.3) is 0 Å². The van der Waals surface area contributed by atoms with Crippen molar-refractivity contribution < 1.29 is 9.59 Å². The third-order valence-electron chi connectivity index (χ3n) is 7.31. The lowest BCUT2D eigenvalue weighted by molar-refractivity contribution is -0.137. The molecule has 128 valence electrons. The average molecular weight is 348 g/mol. The molecule has 0 aromatic heterocycles. The van der Waals surface area contributed by atoms with Crippen molar-refractivity contribution in [2.75, 3.05) is 6.54 Å². The van der Waals surface area contributed by atoms with Gasteiger partial charge >= 0.3 is 0 Å². The highest BCUT2D eigenvalue weighted by molar-refractivity contribution is 6.30. The minimum atomic E-state index is -0.785. The van der Waals surface area contributed by atoms with Crippen LogP contribution in [0, 0.1) is 16.7 Å². The Bertz CT molecular complexity index is 736. The molecular weight excluding hydrogens is 326 g/mol. The Balaban J connectivity index is 1.66. The molecule has 6 heteroatoms. The summed E-state index contributed by atoms with van der Waals surface area (Å²) in [7, 11) is 0. The average Bonchev–Trinajstić information content (AvgIpc) is 2.97. The van der Waals surface area contributed by atoms with Crippen LogP contribution in [0.3, 0.4) is 0 Å².